The van der Waals surface area contributed by atoms with Crippen molar-refractivity contribution >= 4 is 23.2 Å². The Kier molecular flexibility index (Phi) is 4.37. The first kappa shape index (κ1) is 16.2. The molecule has 0 saturated carbocycles. The lowest BCUT2D eigenvalue weighted by Crippen LogP contribution is -2.51. The molecule has 22 heavy (non-hydrogen) atoms. The molecular formula is C15H18N2O4S. The van der Waals surface area contributed by atoms with E-state index in [1.165, 1.54) is 37.1 Å². The van der Waals surface area contributed by atoms with Crippen LogP contribution in [0.1, 0.15) is 25.3 Å². The maximum Gasteiger partial charge on any atom is 0.329 e. The number of nitrogens with zero attached hydrogens (tertiary/aromatic N) is 2. The van der Waals surface area contributed by atoms with E-state index in [9.17, 15) is 14.7 Å². The average Bonchev–Trinajstić information content (AvgIpc) is 3.08. The Hall–Kier alpha value is -2.15. The Bertz CT molecular complexity index is 688. The van der Waals surface area contributed by atoms with Gasteiger partial charge in [0.15, 0.2) is 0 Å². The summed E-state index contributed by atoms with van der Waals surface area (Å²) in [6.45, 7) is 4.72. The van der Waals surface area contributed by atoms with Crippen LogP contribution >= 0.6 is 11.3 Å². The number of carboxylic acid groups (broad SMARTS) is 1. The fraction of sp³-hybridized carbons (Fsp3) is 0.400. The van der Waals surface area contributed by atoms with Crippen molar-refractivity contribution in [2.24, 2.45) is 0 Å². The Morgan fingerprint density at radius 1 is 1.45 bits per heavy atom. The van der Waals surface area contributed by atoms with Crippen molar-refractivity contribution < 1.29 is 19.1 Å². The first-order valence-electron chi connectivity index (χ1n) is 6.72. The van der Waals surface area contributed by atoms with E-state index in [2.05, 4.69) is 4.98 Å². The monoisotopic (exact) mass is 322 g/mol. The molecule has 118 valence electrons. The van der Waals surface area contributed by atoms with Gasteiger partial charge in [-0.15, -0.1) is 0 Å². The molecule has 2 heterocycles. The van der Waals surface area contributed by atoms with Crippen LogP contribution in [-0.4, -0.2) is 39.5 Å². The number of carboxylic acids is 1. The van der Waals surface area contributed by atoms with Crippen LogP contribution < -0.4 is 0 Å². The number of hydrogen-bond donors (Lipinski definition) is 1. The predicted molar refractivity (Wildman–Crippen MR) is 82.7 cm³/mol. The number of rotatable bonds is 5. The van der Waals surface area contributed by atoms with Gasteiger partial charge in [-0.2, -0.15) is 11.3 Å². The molecule has 0 spiro atoms. The molecule has 6 nitrogen and oxygen atoms in total. The number of carbonyl (C=O) groups is 2. The fourth-order valence-corrected chi connectivity index (χ4v) is 2.45. The summed E-state index contributed by atoms with van der Waals surface area (Å²) in [5.74, 6) is -0.336. The smallest absolute Gasteiger partial charge is 0.329 e. The molecule has 0 atom stereocenters. The molecule has 1 amide bonds. The third-order valence-electron chi connectivity index (χ3n) is 3.72. The maximum atomic E-state index is 12.3. The number of aryl methyl sites for hydroxylation is 1. The Labute approximate surface area is 132 Å². The normalized spacial score (nSPS) is 11.5. The molecular weight excluding hydrogens is 304 g/mol. The van der Waals surface area contributed by atoms with Gasteiger partial charge in [0.1, 0.15) is 11.3 Å². The standard InChI is InChI=1S/C15H18N2O4S/c1-9-11(16-13(21-9)10-5-6-22-8-10)7-12(18)17(4)15(2,3)14(19)20/h5-6,8H,7H2,1-4H3,(H,19,20). The molecule has 0 aromatic carbocycles. The van der Waals surface area contributed by atoms with Gasteiger partial charge in [0.25, 0.3) is 0 Å². The van der Waals surface area contributed by atoms with Gasteiger partial charge < -0.3 is 14.4 Å². The summed E-state index contributed by atoms with van der Waals surface area (Å²) in [5.41, 5.74) is 0.121. The van der Waals surface area contributed by atoms with Gasteiger partial charge >= 0.3 is 5.97 Å². The molecule has 7 heteroatoms. The van der Waals surface area contributed by atoms with Gasteiger partial charge in [0, 0.05) is 18.0 Å². The molecule has 0 aliphatic rings. The quantitative estimate of drug-likeness (QED) is 0.914. The third-order valence-corrected chi connectivity index (χ3v) is 4.40. The molecule has 0 aliphatic carbocycles. The highest BCUT2D eigenvalue weighted by molar-refractivity contribution is 7.08. The maximum absolute atomic E-state index is 12.3. The van der Waals surface area contributed by atoms with Crippen molar-refractivity contribution in [2.75, 3.05) is 7.05 Å². The molecule has 0 radical (unpaired) electrons. The summed E-state index contributed by atoms with van der Waals surface area (Å²) in [4.78, 5) is 29.1. The molecule has 0 aliphatic heterocycles. The van der Waals surface area contributed by atoms with E-state index in [4.69, 9.17) is 4.42 Å². The number of carbonyl (C=O) groups excluding carboxylic acids is 1. The zero-order valence-corrected chi connectivity index (χ0v) is 13.7. The van der Waals surface area contributed by atoms with Crippen LogP contribution in [0.3, 0.4) is 0 Å². The zero-order chi connectivity index (χ0) is 16.5. The van der Waals surface area contributed by atoms with Crippen molar-refractivity contribution in [3.8, 4) is 11.5 Å². The summed E-state index contributed by atoms with van der Waals surface area (Å²) in [7, 11) is 1.48. The van der Waals surface area contributed by atoms with Crippen molar-refractivity contribution in [2.45, 2.75) is 32.7 Å². The topological polar surface area (TPSA) is 83.6 Å². The molecule has 2 aromatic rings. The van der Waals surface area contributed by atoms with Gasteiger partial charge in [-0.25, -0.2) is 9.78 Å². The van der Waals surface area contributed by atoms with Gasteiger partial charge in [-0.1, -0.05) is 0 Å². The minimum atomic E-state index is -1.27. The number of hydrogen-bond acceptors (Lipinski definition) is 5. The summed E-state index contributed by atoms with van der Waals surface area (Å²) < 4.78 is 5.58. The van der Waals surface area contributed by atoms with Crippen LogP contribution in [-0.2, 0) is 16.0 Å². The van der Waals surface area contributed by atoms with E-state index in [1.807, 2.05) is 16.8 Å². The second-order valence-electron chi connectivity index (χ2n) is 5.53. The van der Waals surface area contributed by atoms with E-state index >= 15 is 0 Å². The number of aliphatic carboxylic acids is 1. The first-order chi connectivity index (χ1) is 10.2. The number of oxazole rings is 1. The summed E-state index contributed by atoms with van der Waals surface area (Å²) >= 11 is 1.53. The van der Waals surface area contributed by atoms with Crippen LogP contribution in [0, 0.1) is 6.92 Å². The number of aromatic nitrogens is 1. The number of thiophene rings is 1. The molecule has 2 rings (SSSR count). The van der Waals surface area contributed by atoms with Gasteiger partial charge in [0.2, 0.25) is 11.8 Å². The third kappa shape index (κ3) is 3.04. The van der Waals surface area contributed by atoms with Crippen molar-refractivity contribution in [1.29, 1.82) is 0 Å². The molecule has 0 saturated heterocycles. The highest BCUT2D eigenvalue weighted by Gasteiger charge is 2.35. The number of amides is 1. The van der Waals surface area contributed by atoms with Crippen LogP contribution in [0.2, 0.25) is 0 Å². The minimum absolute atomic E-state index is 0.00663. The van der Waals surface area contributed by atoms with Crippen LogP contribution in [0.4, 0.5) is 0 Å². The molecule has 1 N–H and O–H groups in total. The second-order valence-corrected chi connectivity index (χ2v) is 6.31. The SMILES string of the molecule is Cc1oc(-c2ccsc2)nc1CC(=O)N(C)C(C)(C)C(=O)O. The van der Waals surface area contributed by atoms with E-state index in [1.54, 1.807) is 6.92 Å². The Morgan fingerprint density at radius 2 is 2.14 bits per heavy atom. The fourth-order valence-electron chi connectivity index (χ4n) is 1.82. The summed E-state index contributed by atoms with van der Waals surface area (Å²) in [6, 6.07) is 1.89. The van der Waals surface area contributed by atoms with Crippen LogP contribution in [0.15, 0.2) is 21.2 Å². The Morgan fingerprint density at radius 3 is 2.68 bits per heavy atom. The van der Waals surface area contributed by atoms with Gasteiger partial charge in [-0.3, -0.25) is 4.79 Å². The highest BCUT2D eigenvalue weighted by atomic mass is 32.1. The van der Waals surface area contributed by atoms with Crippen LogP contribution in [0.25, 0.3) is 11.5 Å². The van der Waals surface area contributed by atoms with E-state index < -0.39 is 11.5 Å². The molecule has 2 aromatic heterocycles. The van der Waals surface area contributed by atoms with Gasteiger partial charge in [-0.05, 0) is 32.2 Å². The van der Waals surface area contributed by atoms with Crippen molar-refractivity contribution in [3.63, 3.8) is 0 Å². The van der Waals surface area contributed by atoms with Gasteiger partial charge in [0.05, 0.1) is 12.1 Å². The predicted octanol–water partition coefficient (Wildman–Crippen LogP) is 2.58. The first-order valence-corrected chi connectivity index (χ1v) is 7.66. The van der Waals surface area contributed by atoms with Crippen molar-refractivity contribution in [3.05, 3.63) is 28.3 Å². The highest BCUT2D eigenvalue weighted by Crippen LogP contribution is 2.24. The second kappa shape index (κ2) is 5.92. The largest absolute Gasteiger partial charge is 0.480 e. The summed E-state index contributed by atoms with van der Waals surface area (Å²) in [6.07, 6.45) is 0.00663. The van der Waals surface area contributed by atoms with Crippen molar-refractivity contribution in [1.82, 2.24) is 9.88 Å². The Balaban J connectivity index is 2.17. The van der Waals surface area contributed by atoms with E-state index in [0.29, 0.717) is 17.3 Å². The molecule has 0 fully saturated rings. The van der Waals surface area contributed by atoms with Crippen LogP contribution in [0.5, 0.6) is 0 Å². The minimum Gasteiger partial charge on any atom is -0.480 e. The lowest BCUT2D eigenvalue weighted by Gasteiger charge is -2.31. The lowest BCUT2D eigenvalue weighted by atomic mass is 10.0. The van der Waals surface area contributed by atoms with E-state index in [0.717, 1.165) is 5.56 Å². The number of likely N-dealkylation sites (N-methyl/N-ethyl adjacent to an activating group) is 1. The zero-order valence-electron chi connectivity index (χ0n) is 12.9. The lowest BCUT2D eigenvalue weighted by molar-refractivity contribution is -0.155. The van der Waals surface area contributed by atoms with E-state index in [-0.39, 0.29) is 12.3 Å². The average molecular weight is 322 g/mol. The summed E-state index contributed by atoms with van der Waals surface area (Å²) in [5, 5.41) is 13.0. The molecule has 0 bridgehead atoms. The molecule has 0 unspecified atom stereocenters.